The van der Waals surface area contributed by atoms with Crippen LogP contribution in [0.4, 0.5) is 11.4 Å². The van der Waals surface area contributed by atoms with Crippen LogP contribution in [-0.2, 0) is 0 Å². The van der Waals surface area contributed by atoms with Crippen molar-refractivity contribution in [1.82, 2.24) is 0 Å². The number of nitrogens with zero attached hydrogens (tertiary/aromatic N) is 2. The fraction of sp³-hybridized carbons (Fsp3) is 0.273. The molecule has 5 rings (SSSR count). The van der Waals surface area contributed by atoms with E-state index in [4.69, 9.17) is 9.98 Å². The van der Waals surface area contributed by atoms with E-state index < -0.39 is 0 Å². The Hall–Kier alpha value is -3.52. The number of hydrogen-bond acceptors (Lipinski definition) is 2. The molecule has 1 aliphatic rings. The van der Waals surface area contributed by atoms with Crippen LogP contribution < -0.4 is 0 Å². The minimum absolute atomic E-state index is 0.384. The van der Waals surface area contributed by atoms with Crippen LogP contribution in [0.5, 0.6) is 0 Å². The molecule has 0 saturated heterocycles. The number of aliphatic imine (C=N–C) groups is 2. The van der Waals surface area contributed by atoms with Crippen molar-refractivity contribution in [3.63, 3.8) is 0 Å². The molecule has 1 aliphatic carbocycles. The predicted molar refractivity (Wildman–Crippen MR) is 151 cm³/mol. The minimum atomic E-state index is 0.384. The molecule has 0 heterocycles. The second-order valence-electron chi connectivity index (χ2n) is 10.4. The Morgan fingerprint density at radius 3 is 1.54 bits per heavy atom. The maximum absolute atomic E-state index is 5.48. The molecule has 0 atom stereocenters. The van der Waals surface area contributed by atoms with E-state index >= 15 is 0 Å². The Balaban J connectivity index is 1.84. The second kappa shape index (κ2) is 9.26. The van der Waals surface area contributed by atoms with Gasteiger partial charge in [0.25, 0.3) is 0 Å². The highest BCUT2D eigenvalue weighted by molar-refractivity contribution is 6.61. The molecule has 2 nitrogen and oxygen atoms in total. The third-order valence-electron chi connectivity index (χ3n) is 7.00. The van der Waals surface area contributed by atoms with Crippen molar-refractivity contribution in [2.45, 2.75) is 59.3 Å². The van der Waals surface area contributed by atoms with Gasteiger partial charge in [-0.1, -0.05) is 114 Å². The summed E-state index contributed by atoms with van der Waals surface area (Å²) in [5.41, 5.74) is 10.2. The molecule has 0 bridgehead atoms. The molecule has 176 valence electrons. The van der Waals surface area contributed by atoms with Crippen LogP contribution in [0.3, 0.4) is 0 Å². The van der Waals surface area contributed by atoms with Crippen LogP contribution in [0.2, 0.25) is 0 Å². The molecule has 0 aliphatic heterocycles. The van der Waals surface area contributed by atoms with Gasteiger partial charge < -0.3 is 0 Å². The van der Waals surface area contributed by atoms with Gasteiger partial charge in [-0.15, -0.1) is 0 Å². The van der Waals surface area contributed by atoms with E-state index in [1.165, 1.54) is 38.6 Å². The maximum Gasteiger partial charge on any atom is 0.0979 e. The third kappa shape index (κ3) is 4.12. The first kappa shape index (κ1) is 23.2. The van der Waals surface area contributed by atoms with Gasteiger partial charge in [-0.25, -0.2) is 9.98 Å². The fourth-order valence-corrected chi connectivity index (χ4v) is 5.17. The summed E-state index contributed by atoms with van der Waals surface area (Å²) in [6.45, 7) is 13.5. The topological polar surface area (TPSA) is 24.7 Å². The SMILES string of the molecule is CC(C)c1ccccc1/N=C1/C(=N/c2c(C(C)C)cccc2C(C)C)c2cccc3cccc1c23. The van der Waals surface area contributed by atoms with Crippen molar-refractivity contribution in [3.05, 3.63) is 107 Å². The van der Waals surface area contributed by atoms with E-state index in [0.717, 1.165) is 22.8 Å². The normalized spacial score (nSPS) is 15.5. The molecular weight excluding hydrogens is 424 g/mol. The Kier molecular flexibility index (Phi) is 6.15. The first-order valence-electron chi connectivity index (χ1n) is 12.8. The van der Waals surface area contributed by atoms with E-state index in [1.54, 1.807) is 0 Å². The first-order chi connectivity index (χ1) is 16.9. The van der Waals surface area contributed by atoms with E-state index in [-0.39, 0.29) is 0 Å². The highest BCUT2D eigenvalue weighted by Gasteiger charge is 2.28. The van der Waals surface area contributed by atoms with Gasteiger partial charge in [0, 0.05) is 16.5 Å². The summed E-state index contributed by atoms with van der Waals surface area (Å²) in [6.07, 6.45) is 0. The van der Waals surface area contributed by atoms with E-state index in [2.05, 4.69) is 120 Å². The van der Waals surface area contributed by atoms with Gasteiger partial charge in [-0.2, -0.15) is 0 Å². The number of para-hydroxylation sites is 2. The van der Waals surface area contributed by atoms with E-state index in [0.29, 0.717) is 17.8 Å². The molecule has 0 radical (unpaired) electrons. The van der Waals surface area contributed by atoms with Gasteiger partial charge in [0.1, 0.15) is 0 Å². The van der Waals surface area contributed by atoms with Crippen LogP contribution in [0.25, 0.3) is 10.8 Å². The molecule has 35 heavy (non-hydrogen) atoms. The highest BCUT2D eigenvalue weighted by atomic mass is 14.8. The standard InChI is InChI=1S/C33H34N2/c1-20(2)24-14-7-8-19-29(24)34-32-27-17-9-12-23-13-10-18-28(30(23)27)33(32)35-31-25(21(3)4)15-11-16-26(31)22(5)6/h7-22H,1-6H3/b34-32+,35-33+. The van der Waals surface area contributed by atoms with Crippen LogP contribution in [-0.4, -0.2) is 11.4 Å². The van der Waals surface area contributed by atoms with Crippen molar-refractivity contribution in [2.75, 3.05) is 0 Å². The van der Waals surface area contributed by atoms with Crippen LogP contribution in [0.1, 0.15) is 87.1 Å². The summed E-state index contributed by atoms with van der Waals surface area (Å²) in [4.78, 5) is 10.8. The monoisotopic (exact) mass is 458 g/mol. The van der Waals surface area contributed by atoms with Crippen LogP contribution in [0.15, 0.2) is 88.8 Å². The molecule has 4 aromatic rings. The smallest absolute Gasteiger partial charge is 0.0979 e. The van der Waals surface area contributed by atoms with Gasteiger partial charge in [0.2, 0.25) is 0 Å². The zero-order valence-electron chi connectivity index (χ0n) is 21.6. The average Bonchev–Trinajstić information content (AvgIpc) is 3.13. The number of hydrogen-bond donors (Lipinski definition) is 0. The van der Waals surface area contributed by atoms with Crippen molar-refractivity contribution in [2.24, 2.45) is 9.98 Å². The Bertz CT molecular complexity index is 1440. The number of benzene rings is 4. The van der Waals surface area contributed by atoms with Crippen molar-refractivity contribution >= 4 is 33.6 Å². The molecule has 0 unspecified atom stereocenters. The molecule has 2 heteroatoms. The summed E-state index contributed by atoms with van der Waals surface area (Å²) in [5, 5.41) is 2.49. The third-order valence-corrected chi connectivity index (χ3v) is 7.00. The van der Waals surface area contributed by atoms with Crippen molar-refractivity contribution in [1.29, 1.82) is 0 Å². The Labute approximate surface area is 209 Å². The van der Waals surface area contributed by atoms with Crippen LogP contribution in [0, 0.1) is 0 Å². The predicted octanol–water partition coefficient (Wildman–Crippen LogP) is 9.47. The van der Waals surface area contributed by atoms with Gasteiger partial charge >= 0.3 is 0 Å². The van der Waals surface area contributed by atoms with E-state index in [9.17, 15) is 0 Å². The highest BCUT2D eigenvalue weighted by Crippen LogP contribution is 2.39. The first-order valence-corrected chi connectivity index (χ1v) is 12.8. The number of rotatable bonds is 5. The van der Waals surface area contributed by atoms with Crippen molar-refractivity contribution in [3.8, 4) is 0 Å². The minimum Gasteiger partial charge on any atom is -0.246 e. The summed E-state index contributed by atoms with van der Waals surface area (Å²) in [7, 11) is 0. The van der Waals surface area contributed by atoms with Gasteiger partial charge in [0.15, 0.2) is 0 Å². The second-order valence-corrected chi connectivity index (χ2v) is 10.4. The quantitative estimate of drug-likeness (QED) is 0.284. The lowest BCUT2D eigenvalue weighted by Crippen LogP contribution is -2.11. The lowest BCUT2D eigenvalue weighted by molar-refractivity contribution is 0.835. The van der Waals surface area contributed by atoms with Crippen LogP contribution >= 0.6 is 0 Å². The lowest BCUT2D eigenvalue weighted by Gasteiger charge is -2.17. The van der Waals surface area contributed by atoms with Gasteiger partial charge in [0.05, 0.1) is 22.8 Å². The lowest BCUT2D eigenvalue weighted by atomic mass is 9.92. The van der Waals surface area contributed by atoms with Gasteiger partial charge in [-0.3, -0.25) is 0 Å². The molecule has 0 N–H and O–H groups in total. The molecule has 0 saturated carbocycles. The Morgan fingerprint density at radius 2 is 0.971 bits per heavy atom. The molecule has 0 amide bonds. The molecular formula is C33H34N2. The fourth-order valence-electron chi connectivity index (χ4n) is 5.17. The zero-order chi connectivity index (χ0) is 24.7. The molecule has 0 fully saturated rings. The van der Waals surface area contributed by atoms with Crippen molar-refractivity contribution < 1.29 is 0 Å². The largest absolute Gasteiger partial charge is 0.246 e. The average molecular weight is 459 g/mol. The summed E-state index contributed by atoms with van der Waals surface area (Å²) >= 11 is 0. The molecule has 0 aromatic heterocycles. The summed E-state index contributed by atoms with van der Waals surface area (Å²) in [5.74, 6) is 1.16. The zero-order valence-corrected chi connectivity index (χ0v) is 21.6. The van der Waals surface area contributed by atoms with E-state index in [1.807, 2.05) is 0 Å². The van der Waals surface area contributed by atoms with Gasteiger partial charge in [-0.05, 0) is 45.9 Å². The summed E-state index contributed by atoms with van der Waals surface area (Å²) in [6, 6.07) is 28.2. The molecule has 0 spiro atoms. The maximum atomic E-state index is 5.48. The molecule has 4 aromatic carbocycles. The summed E-state index contributed by atoms with van der Waals surface area (Å²) < 4.78 is 0. The Morgan fingerprint density at radius 1 is 0.486 bits per heavy atom.